The lowest BCUT2D eigenvalue weighted by Gasteiger charge is -2.24. The first-order valence-corrected chi connectivity index (χ1v) is 30.9. The van der Waals surface area contributed by atoms with E-state index in [1.165, 1.54) is 62.6 Å². The number of hydrogen-bond donors (Lipinski definition) is 13. The number of fused-ring (bicyclic) bond motifs is 1. The van der Waals surface area contributed by atoms with E-state index in [2.05, 4.69) is 60.0 Å². The van der Waals surface area contributed by atoms with Gasteiger partial charge in [-0.15, -0.1) is 0 Å². The number of aliphatic carboxylic acids is 5. The van der Waals surface area contributed by atoms with Crippen LogP contribution in [0.25, 0.3) is 11.2 Å². The molecule has 88 heavy (non-hydrogen) atoms. The van der Waals surface area contributed by atoms with Crippen molar-refractivity contribution in [2.24, 2.45) is 34.2 Å². The smallest absolute Gasteiger partial charge is 0.326 e. The number of aromatic nitrogens is 4. The van der Waals surface area contributed by atoms with Crippen molar-refractivity contribution in [3.8, 4) is 0 Å². The molecule has 0 radical (unpaired) electrons. The predicted molar refractivity (Wildman–Crippen MR) is 326 cm³/mol. The molecule has 0 aliphatic heterocycles. The summed E-state index contributed by atoms with van der Waals surface area (Å²) in [6.45, 7) is 5.52. The second-order valence-corrected chi connectivity index (χ2v) is 23.3. The van der Waals surface area contributed by atoms with Crippen molar-refractivity contribution in [1.29, 1.82) is 0 Å². The number of ketones is 4. The summed E-state index contributed by atoms with van der Waals surface area (Å²) in [5.41, 5.74) is 16.6. The zero-order valence-electron chi connectivity index (χ0n) is 49.3. The number of guanidine groups is 1. The van der Waals surface area contributed by atoms with Crippen molar-refractivity contribution in [2.75, 3.05) is 29.1 Å². The zero-order valence-corrected chi connectivity index (χ0v) is 50.9. The summed E-state index contributed by atoms with van der Waals surface area (Å²) in [5, 5.41) is 57.3. The first-order chi connectivity index (χ1) is 41.6. The van der Waals surface area contributed by atoms with Gasteiger partial charge in [0, 0.05) is 67.8 Å². The second-order valence-electron chi connectivity index (χ2n) is 20.4. The molecular formula is C56H80N12O18S2. The number of unbranched alkanes of at least 4 members (excludes halogenated alkanes) is 5. The van der Waals surface area contributed by atoms with Crippen molar-refractivity contribution < 1.29 is 83.1 Å². The fourth-order valence-corrected chi connectivity index (χ4v) is 10.1. The molecule has 0 saturated heterocycles. The van der Waals surface area contributed by atoms with E-state index in [9.17, 15) is 87.9 Å². The van der Waals surface area contributed by atoms with Crippen LogP contribution >= 0.6 is 21.6 Å². The number of carboxylic acids is 5. The van der Waals surface area contributed by atoms with Gasteiger partial charge in [-0.05, 0) is 49.9 Å². The summed E-state index contributed by atoms with van der Waals surface area (Å²) < 4.78 is 0. The van der Waals surface area contributed by atoms with E-state index < -0.39 is 158 Å². The number of Topliss-reactive ketones (excluding diaryl/α,β-unsaturated/α-hetero) is 4. The van der Waals surface area contributed by atoms with E-state index in [4.69, 9.17) is 17.2 Å². The number of carbonyl (C=O) groups excluding carboxylic acids is 7. The lowest BCUT2D eigenvalue weighted by molar-refractivity contribution is -0.145. The molecule has 0 fully saturated rings. The SMILES string of the molecule is CCCCCCCCC(=O)CCSSCC.C[C@H](CC(=O)[C@H](CC(=O)O)NC(=O)[C@H](CC(=O)O)CC(=O)[C@H](CCCN=C(N)N)NC(=O)[C@H](CC(=O)O)CC(=O)CC[C@H](NC(=O)c1ccc(NCc2cnc3nc(N)[nH]c(=O)c3n2)cc1)C(=O)O)C(=O)O. The summed E-state index contributed by atoms with van der Waals surface area (Å²) in [6, 6.07) is 0.670. The molecule has 0 unspecified atom stereocenters. The van der Waals surface area contributed by atoms with Crippen LogP contribution in [0.2, 0.25) is 0 Å². The lowest BCUT2D eigenvalue weighted by atomic mass is 9.90. The molecule has 32 heteroatoms. The number of H-pyrrole nitrogens is 1. The highest BCUT2D eigenvalue weighted by Gasteiger charge is 2.35. The fourth-order valence-electron chi connectivity index (χ4n) is 8.36. The average molecular weight is 1270 g/mol. The van der Waals surface area contributed by atoms with E-state index in [0.29, 0.717) is 17.2 Å². The second kappa shape index (κ2) is 40.8. The Morgan fingerprint density at radius 2 is 1.24 bits per heavy atom. The van der Waals surface area contributed by atoms with E-state index >= 15 is 0 Å². The third-order valence-electron chi connectivity index (χ3n) is 13.1. The maximum atomic E-state index is 13.8. The number of nitrogens with two attached hydrogens (primary N) is 3. The number of aliphatic imine (C=N–C) groups is 1. The number of amides is 3. The molecular weight excluding hydrogens is 1190 g/mol. The number of carbonyl (C=O) groups is 12. The molecule has 484 valence electrons. The number of nitrogens with zero attached hydrogens (tertiary/aromatic N) is 4. The van der Waals surface area contributed by atoms with Gasteiger partial charge in [0.05, 0.1) is 67.5 Å². The molecule has 0 saturated carbocycles. The van der Waals surface area contributed by atoms with Gasteiger partial charge in [0.15, 0.2) is 28.7 Å². The third-order valence-corrected chi connectivity index (χ3v) is 15.5. The highest BCUT2D eigenvalue weighted by Crippen LogP contribution is 2.22. The van der Waals surface area contributed by atoms with Crippen LogP contribution in [-0.2, 0) is 59.3 Å². The lowest BCUT2D eigenvalue weighted by Crippen LogP contribution is -2.48. The Hall–Kier alpha value is -8.55. The number of benzene rings is 1. The molecule has 3 rings (SSSR count). The molecule has 16 N–H and O–H groups in total. The Bertz CT molecular complexity index is 2980. The monoisotopic (exact) mass is 1270 g/mol. The first-order valence-electron chi connectivity index (χ1n) is 28.4. The topological polar surface area (TPSA) is 516 Å². The van der Waals surface area contributed by atoms with Crippen LogP contribution in [0.4, 0.5) is 11.6 Å². The van der Waals surface area contributed by atoms with Gasteiger partial charge >= 0.3 is 29.8 Å². The number of hydrogen-bond acceptors (Lipinski definition) is 21. The van der Waals surface area contributed by atoms with Gasteiger partial charge in [0.1, 0.15) is 17.6 Å². The van der Waals surface area contributed by atoms with Gasteiger partial charge in [-0.25, -0.2) is 14.8 Å². The minimum absolute atomic E-state index is 0.0226. The zero-order chi connectivity index (χ0) is 65.9. The normalized spacial score (nSPS) is 12.9. The standard InChI is InChI=1S/C43H54N12O17.C13H26OS2/c1-19(40(69)70)11-29(57)28(16-33(63)64)53-38(67)22(15-32(61)62)13-30(58)26(3-2-10-47-42(44)45)51-37(66)21(14-31(59)60)12-25(56)8-9-27(41(71)72)52-36(65)20-4-6-23(7-5-20)48-17-24-18-49-35-34(50-24)39(68)55-43(46)54-35;1-3-5-6-7-8-9-10-13(14)11-12-16-15-4-2/h4-7,18-19,21-22,26-28,48H,2-3,8-17H2,1H3,(H,51,66)(H,52,65)(H,53,67)(H,59,60)(H,61,62)(H,63,64)(H,69,70)(H,71,72)(H4,44,45,47)(H3,46,49,54,55,68);3-12H2,1-2H3/t19-,21+,22+,26+,27+,28+;/m1./s1. The number of anilines is 2. The Labute approximate surface area is 514 Å². The molecule has 2 heterocycles. The molecule has 6 atom stereocenters. The molecule has 0 aliphatic carbocycles. The van der Waals surface area contributed by atoms with Crippen molar-refractivity contribution >= 4 is 121 Å². The molecule has 0 aliphatic rings. The summed E-state index contributed by atoms with van der Waals surface area (Å²) in [5.74, 6) is -16.4. The number of rotatable bonds is 44. The number of carboxylic acid groups (broad SMARTS) is 5. The van der Waals surface area contributed by atoms with Crippen molar-refractivity contribution in [1.82, 2.24) is 35.9 Å². The molecule has 0 spiro atoms. The van der Waals surface area contributed by atoms with Crippen LogP contribution in [0, 0.1) is 17.8 Å². The fraction of sp³-hybridized carbons (Fsp3) is 0.554. The predicted octanol–water partition coefficient (Wildman–Crippen LogP) is 3.25. The van der Waals surface area contributed by atoms with Gasteiger partial charge < -0.3 is 64.0 Å². The summed E-state index contributed by atoms with van der Waals surface area (Å²) in [6.07, 6.45) is 3.70. The Morgan fingerprint density at radius 3 is 1.83 bits per heavy atom. The number of aromatic amines is 1. The van der Waals surface area contributed by atoms with E-state index in [-0.39, 0.29) is 54.6 Å². The Balaban J connectivity index is 0.00000143. The van der Waals surface area contributed by atoms with E-state index in [1.54, 1.807) is 0 Å². The molecule has 2 aromatic heterocycles. The van der Waals surface area contributed by atoms with E-state index in [0.717, 1.165) is 37.7 Å². The molecule has 1 aromatic carbocycles. The highest BCUT2D eigenvalue weighted by atomic mass is 33.1. The maximum absolute atomic E-state index is 13.8. The van der Waals surface area contributed by atoms with Crippen LogP contribution in [0.15, 0.2) is 40.2 Å². The van der Waals surface area contributed by atoms with Crippen molar-refractivity contribution in [3.63, 3.8) is 0 Å². The van der Waals surface area contributed by atoms with Crippen LogP contribution in [0.5, 0.6) is 0 Å². The molecule has 0 bridgehead atoms. The van der Waals surface area contributed by atoms with Gasteiger partial charge in [0.2, 0.25) is 17.8 Å². The summed E-state index contributed by atoms with van der Waals surface area (Å²) >= 11 is 0. The van der Waals surface area contributed by atoms with Crippen LogP contribution in [-0.4, -0.2) is 158 Å². The van der Waals surface area contributed by atoms with Gasteiger partial charge in [-0.3, -0.25) is 67.5 Å². The van der Waals surface area contributed by atoms with Gasteiger partial charge in [-0.1, -0.05) is 74.5 Å². The van der Waals surface area contributed by atoms with Crippen LogP contribution < -0.4 is 44.0 Å². The summed E-state index contributed by atoms with van der Waals surface area (Å²) in [7, 11) is 3.68. The largest absolute Gasteiger partial charge is 0.481 e. The van der Waals surface area contributed by atoms with Crippen LogP contribution in [0.1, 0.15) is 152 Å². The van der Waals surface area contributed by atoms with E-state index in [1.807, 2.05) is 21.6 Å². The van der Waals surface area contributed by atoms with Crippen molar-refractivity contribution in [3.05, 3.63) is 52.1 Å². The quantitative estimate of drug-likeness (QED) is 0.0167. The number of nitrogen functional groups attached to an aromatic ring is 1. The average Bonchev–Trinajstić information content (AvgIpc) is 3.46. The number of nitrogens with one attached hydrogen (secondary N) is 5. The Kier molecular flexibility index (Phi) is 35.0. The first kappa shape index (κ1) is 75.5. The minimum Gasteiger partial charge on any atom is -0.481 e. The van der Waals surface area contributed by atoms with Crippen molar-refractivity contribution in [2.45, 2.75) is 161 Å². The third kappa shape index (κ3) is 30.7. The molecule has 3 aromatic rings. The summed E-state index contributed by atoms with van der Waals surface area (Å²) in [4.78, 5) is 180. The maximum Gasteiger partial charge on any atom is 0.326 e. The van der Waals surface area contributed by atoms with Gasteiger partial charge in [0.25, 0.3) is 11.5 Å². The molecule has 3 amide bonds. The highest BCUT2D eigenvalue weighted by molar-refractivity contribution is 8.76. The molecule has 30 nitrogen and oxygen atoms in total. The Morgan fingerprint density at radius 1 is 0.636 bits per heavy atom. The minimum atomic E-state index is -1.82. The van der Waals surface area contributed by atoms with Gasteiger partial charge in [-0.2, -0.15) is 4.98 Å². The van der Waals surface area contributed by atoms with Crippen LogP contribution in [0.3, 0.4) is 0 Å².